The highest BCUT2D eigenvalue weighted by Gasteiger charge is 1.59. The van der Waals surface area contributed by atoms with Gasteiger partial charge in [-0.1, -0.05) is 0 Å². The van der Waals surface area contributed by atoms with E-state index in [-0.39, 0.29) is 0 Å². The van der Waals surface area contributed by atoms with E-state index < -0.39 is 0 Å². The lowest BCUT2D eigenvalue weighted by Crippen LogP contribution is -2.11. The molecule has 4 heteroatoms. The Morgan fingerprint density at radius 1 is 0.900 bits per heavy atom. The van der Waals surface area contributed by atoms with Gasteiger partial charge in [0.25, 0.3) is 0 Å². The third-order valence-electron chi connectivity index (χ3n) is 0.650. The molecule has 0 saturated heterocycles. The summed E-state index contributed by atoms with van der Waals surface area (Å²) in [5.74, 6) is 0. The van der Waals surface area contributed by atoms with Crippen molar-refractivity contribution in [3.8, 4) is 0 Å². The average molecular weight is 140 g/mol. The summed E-state index contributed by atoms with van der Waals surface area (Å²) < 4.78 is 0. The molecule has 0 fully saturated rings. The normalized spacial score (nSPS) is 7.80. The van der Waals surface area contributed by atoms with Crippen molar-refractivity contribution >= 4 is 0 Å². The molecule has 4 nitrogen and oxygen atoms in total. The van der Waals surface area contributed by atoms with Crippen molar-refractivity contribution in [2.24, 2.45) is 11.5 Å². The molecule has 4 N–H and O–H groups in total. The standard InChI is InChI=1S/C4H4N2.C2H8N2/c1-2-4-6-5-3-1;3-1-2-4/h1-4H;1-4H2. The quantitative estimate of drug-likeness (QED) is 0.545. The first kappa shape index (κ1) is 9.00. The maximum Gasteiger partial charge on any atom is 0.0496 e. The highest BCUT2D eigenvalue weighted by atomic mass is 15.1. The van der Waals surface area contributed by atoms with Crippen molar-refractivity contribution in [1.29, 1.82) is 0 Å². The fourth-order valence-electron chi connectivity index (χ4n) is 0.253. The average Bonchev–Trinajstić information content (AvgIpc) is 2.08. The number of hydrogen-bond donors (Lipinski definition) is 2. The molecule has 0 aliphatic heterocycles. The van der Waals surface area contributed by atoms with E-state index in [1.807, 2.05) is 12.1 Å². The molecule has 56 valence electrons. The highest BCUT2D eigenvalue weighted by Crippen LogP contribution is 1.68. The van der Waals surface area contributed by atoms with Gasteiger partial charge in [-0.2, -0.15) is 10.2 Å². The van der Waals surface area contributed by atoms with Gasteiger partial charge in [0.05, 0.1) is 0 Å². The summed E-state index contributed by atoms with van der Waals surface area (Å²) in [6.45, 7) is 1.19. The van der Waals surface area contributed by atoms with Crippen LogP contribution >= 0.6 is 0 Å². The smallest absolute Gasteiger partial charge is 0.0496 e. The number of nitrogens with zero attached hydrogens (tertiary/aromatic N) is 2. The Kier molecular flexibility index (Phi) is 7.20. The van der Waals surface area contributed by atoms with Gasteiger partial charge in [0.15, 0.2) is 0 Å². The van der Waals surface area contributed by atoms with E-state index in [0.29, 0.717) is 13.1 Å². The van der Waals surface area contributed by atoms with Crippen LogP contribution in [0.15, 0.2) is 24.5 Å². The van der Waals surface area contributed by atoms with Crippen molar-refractivity contribution in [2.75, 3.05) is 13.1 Å². The van der Waals surface area contributed by atoms with Gasteiger partial charge in [-0.3, -0.25) is 0 Å². The van der Waals surface area contributed by atoms with Crippen LogP contribution in [0, 0.1) is 0 Å². The lowest BCUT2D eigenvalue weighted by Gasteiger charge is -1.72. The zero-order valence-electron chi connectivity index (χ0n) is 5.77. The molecule has 0 unspecified atom stereocenters. The summed E-state index contributed by atoms with van der Waals surface area (Å²) in [5.41, 5.74) is 9.81. The molecule has 0 spiro atoms. The fraction of sp³-hybridized carbons (Fsp3) is 0.333. The first-order valence-electron chi connectivity index (χ1n) is 3.03. The van der Waals surface area contributed by atoms with Gasteiger partial charge in [-0.05, 0) is 12.1 Å². The molecular weight excluding hydrogens is 128 g/mol. The SMILES string of the molecule is NCCN.c1ccnnc1. The van der Waals surface area contributed by atoms with Gasteiger partial charge in [0, 0.05) is 25.5 Å². The van der Waals surface area contributed by atoms with Gasteiger partial charge in [0.1, 0.15) is 0 Å². The van der Waals surface area contributed by atoms with Crippen LogP contribution in [0.4, 0.5) is 0 Å². The molecule has 1 rings (SSSR count). The Balaban J connectivity index is 0.000000180. The largest absolute Gasteiger partial charge is 0.329 e. The van der Waals surface area contributed by atoms with E-state index >= 15 is 0 Å². The Bertz CT molecular complexity index is 102. The third-order valence-corrected chi connectivity index (χ3v) is 0.650. The molecule has 0 aliphatic carbocycles. The van der Waals surface area contributed by atoms with Crippen LogP contribution in [0.5, 0.6) is 0 Å². The second kappa shape index (κ2) is 8.00. The van der Waals surface area contributed by atoms with Crippen LogP contribution in [0.2, 0.25) is 0 Å². The molecule has 0 atom stereocenters. The van der Waals surface area contributed by atoms with Crippen LogP contribution in [0.1, 0.15) is 0 Å². The van der Waals surface area contributed by atoms with E-state index in [0.717, 1.165) is 0 Å². The van der Waals surface area contributed by atoms with Gasteiger partial charge in [-0.25, -0.2) is 0 Å². The molecule has 0 bridgehead atoms. The predicted octanol–water partition coefficient (Wildman–Crippen LogP) is -0.620. The summed E-state index contributed by atoms with van der Waals surface area (Å²) in [4.78, 5) is 0. The molecule has 1 aromatic heterocycles. The van der Waals surface area contributed by atoms with Gasteiger partial charge >= 0.3 is 0 Å². The fourth-order valence-corrected chi connectivity index (χ4v) is 0.253. The van der Waals surface area contributed by atoms with E-state index in [1.165, 1.54) is 0 Å². The van der Waals surface area contributed by atoms with E-state index in [4.69, 9.17) is 11.5 Å². The summed E-state index contributed by atoms with van der Waals surface area (Å²) in [6.07, 6.45) is 3.28. The molecule has 10 heavy (non-hydrogen) atoms. The van der Waals surface area contributed by atoms with E-state index in [1.54, 1.807) is 12.4 Å². The second-order valence-corrected chi connectivity index (χ2v) is 1.49. The molecule has 0 saturated carbocycles. The minimum atomic E-state index is 0.597. The van der Waals surface area contributed by atoms with Crippen molar-refractivity contribution in [2.45, 2.75) is 0 Å². The van der Waals surface area contributed by atoms with Crippen LogP contribution in [-0.4, -0.2) is 23.3 Å². The Labute approximate surface area is 60.3 Å². The topological polar surface area (TPSA) is 77.8 Å². The maximum absolute atomic E-state index is 4.90. The molecular formula is C6H12N4. The van der Waals surface area contributed by atoms with Crippen LogP contribution in [0.25, 0.3) is 0 Å². The van der Waals surface area contributed by atoms with Crippen molar-refractivity contribution < 1.29 is 0 Å². The highest BCUT2D eigenvalue weighted by molar-refractivity contribution is 4.79. The van der Waals surface area contributed by atoms with E-state index in [9.17, 15) is 0 Å². The molecule has 1 heterocycles. The number of hydrogen-bond acceptors (Lipinski definition) is 4. The Morgan fingerprint density at radius 3 is 1.40 bits per heavy atom. The molecule has 1 aromatic rings. The van der Waals surface area contributed by atoms with Crippen molar-refractivity contribution in [3.05, 3.63) is 24.5 Å². The summed E-state index contributed by atoms with van der Waals surface area (Å²) in [7, 11) is 0. The minimum Gasteiger partial charge on any atom is -0.329 e. The maximum atomic E-state index is 4.90. The Hall–Kier alpha value is -1.00. The van der Waals surface area contributed by atoms with Gasteiger partial charge in [0.2, 0.25) is 0 Å². The number of rotatable bonds is 1. The first-order chi connectivity index (χ1) is 4.91. The van der Waals surface area contributed by atoms with Crippen LogP contribution < -0.4 is 11.5 Å². The summed E-state index contributed by atoms with van der Waals surface area (Å²) in [6, 6.07) is 3.65. The van der Waals surface area contributed by atoms with Gasteiger partial charge < -0.3 is 11.5 Å². The summed E-state index contributed by atoms with van der Waals surface area (Å²) in [5, 5.41) is 7.07. The first-order valence-corrected chi connectivity index (χ1v) is 3.03. The molecule has 0 aliphatic rings. The van der Waals surface area contributed by atoms with Crippen molar-refractivity contribution in [1.82, 2.24) is 10.2 Å². The van der Waals surface area contributed by atoms with Gasteiger partial charge in [-0.15, -0.1) is 0 Å². The zero-order chi connectivity index (χ0) is 7.66. The van der Waals surface area contributed by atoms with E-state index in [2.05, 4.69) is 10.2 Å². The van der Waals surface area contributed by atoms with Crippen LogP contribution in [-0.2, 0) is 0 Å². The summed E-state index contributed by atoms with van der Waals surface area (Å²) >= 11 is 0. The lowest BCUT2D eigenvalue weighted by molar-refractivity contribution is 0.976. The number of nitrogens with two attached hydrogens (primary N) is 2. The monoisotopic (exact) mass is 140 g/mol. The minimum absolute atomic E-state index is 0.597. The van der Waals surface area contributed by atoms with Crippen LogP contribution in [0.3, 0.4) is 0 Å². The Morgan fingerprint density at radius 2 is 1.30 bits per heavy atom. The number of aromatic nitrogens is 2. The predicted molar refractivity (Wildman–Crippen MR) is 40.1 cm³/mol. The van der Waals surface area contributed by atoms with Crippen molar-refractivity contribution in [3.63, 3.8) is 0 Å². The second-order valence-electron chi connectivity index (χ2n) is 1.49. The zero-order valence-corrected chi connectivity index (χ0v) is 5.77. The molecule has 0 radical (unpaired) electrons. The molecule has 0 amide bonds. The third kappa shape index (κ3) is 7.00. The lowest BCUT2D eigenvalue weighted by atomic mass is 10.6. The molecule has 0 aromatic carbocycles.